The summed E-state index contributed by atoms with van der Waals surface area (Å²) in [6.45, 7) is 13.0. The number of alkyl halides is 3. The summed E-state index contributed by atoms with van der Waals surface area (Å²) in [6.07, 6.45) is -2.33. The van der Waals surface area contributed by atoms with Crippen LogP contribution in [0, 0.1) is 25.7 Å². The second-order valence-corrected chi connectivity index (χ2v) is 11.4. The highest BCUT2D eigenvalue weighted by atomic mass is 19.4. The summed E-state index contributed by atoms with van der Waals surface area (Å²) in [7, 11) is 0. The fourth-order valence-electron chi connectivity index (χ4n) is 5.51. The predicted octanol–water partition coefficient (Wildman–Crippen LogP) is 6.54. The van der Waals surface area contributed by atoms with Gasteiger partial charge in [0.15, 0.2) is 5.65 Å². The first kappa shape index (κ1) is 25.8. The van der Waals surface area contributed by atoms with E-state index in [0.717, 1.165) is 34.7 Å². The molecule has 6 nitrogen and oxygen atoms in total. The molecular formula is C26H37F3N4O2. The standard InChI is InChI=1S/C26H37F3N4O2/c1-15-11-12-32(24(34)35-25(4,5)6)14-20(15)23-16(2)17(3)30-22-13-21(31-33(22)23)18-7-9-19(10-8-18)26(27,28)29/h13,15,18-20H,7-12,14H2,1-6H3/t15?,18?,19?,20-/m1/s1. The van der Waals surface area contributed by atoms with E-state index in [4.69, 9.17) is 14.8 Å². The minimum atomic E-state index is -4.12. The summed E-state index contributed by atoms with van der Waals surface area (Å²) in [5.41, 5.74) is 3.95. The number of halogens is 3. The third-order valence-electron chi connectivity index (χ3n) is 7.72. The fraction of sp³-hybridized carbons (Fsp3) is 0.731. The van der Waals surface area contributed by atoms with Gasteiger partial charge in [0, 0.05) is 36.7 Å². The van der Waals surface area contributed by atoms with E-state index in [1.165, 1.54) is 0 Å². The van der Waals surface area contributed by atoms with Crippen LogP contribution in [0.4, 0.5) is 18.0 Å². The molecule has 1 saturated carbocycles. The van der Waals surface area contributed by atoms with Gasteiger partial charge < -0.3 is 9.64 Å². The van der Waals surface area contributed by atoms with Crippen LogP contribution in [-0.2, 0) is 4.74 Å². The van der Waals surface area contributed by atoms with Crippen molar-refractivity contribution < 1.29 is 22.7 Å². The number of aromatic nitrogens is 3. The number of amides is 1. The molecular weight excluding hydrogens is 457 g/mol. The molecule has 1 saturated heterocycles. The molecule has 1 amide bonds. The molecule has 2 aromatic heterocycles. The number of hydrogen-bond donors (Lipinski definition) is 0. The van der Waals surface area contributed by atoms with Crippen LogP contribution in [0.15, 0.2) is 6.07 Å². The Bertz CT molecular complexity index is 1080. The van der Waals surface area contributed by atoms with Gasteiger partial charge in [0.05, 0.1) is 17.3 Å². The van der Waals surface area contributed by atoms with Gasteiger partial charge in [0.2, 0.25) is 0 Å². The average Bonchev–Trinajstić information content (AvgIpc) is 3.17. The first-order valence-electron chi connectivity index (χ1n) is 12.7. The van der Waals surface area contributed by atoms with Crippen molar-refractivity contribution in [3.05, 3.63) is 28.7 Å². The molecule has 1 aliphatic heterocycles. The zero-order chi connectivity index (χ0) is 25.7. The molecule has 35 heavy (non-hydrogen) atoms. The van der Waals surface area contributed by atoms with E-state index >= 15 is 0 Å². The van der Waals surface area contributed by atoms with Crippen molar-refractivity contribution in [3.8, 4) is 0 Å². The van der Waals surface area contributed by atoms with E-state index in [-0.39, 0.29) is 30.8 Å². The van der Waals surface area contributed by atoms with Crippen molar-refractivity contribution in [2.45, 2.75) is 97.3 Å². The van der Waals surface area contributed by atoms with Crippen LogP contribution in [0.1, 0.15) is 94.3 Å². The fourth-order valence-corrected chi connectivity index (χ4v) is 5.51. The van der Waals surface area contributed by atoms with Crippen molar-refractivity contribution in [3.63, 3.8) is 0 Å². The van der Waals surface area contributed by atoms with Crippen molar-refractivity contribution in [1.82, 2.24) is 19.5 Å². The number of carbonyl (C=O) groups is 1. The number of piperidine rings is 1. The maximum absolute atomic E-state index is 13.1. The second kappa shape index (κ2) is 9.28. The summed E-state index contributed by atoms with van der Waals surface area (Å²) in [4.78, 5) is 19.3. The van der Waals surface area contributed by atoms with Gasteiger partial charge >= 0.3 is 12.3 Å². The minimum Gasteiger partial charge on any atom is -0.444 e. The third-order valence-corrected chi connectivity index (χ3v) is 7.72. The summed E-state index contributed by atoms with van der Waals surface area (Å²) in [5, 5.41) is 4.90. The molecule has 194 valence electrons. The van der Waals surface area contributed by atoms with Gasteiger partial charge in [0.25, 0.3) is 0 Å². The van der Waals surface area contributed by atoms with E-state index in [0.29, 0.717) is 31.8 Å². The number of nitrogens with zero attached hydrogens (tertiary/aromatic N) is 4. The Labute approximate surface area is 205 Å². The minimum absolute atomic E-state index is 0.00537. The molecule has 2 aromatic rings. The molecule has 0 radical (unpaired) electrons. The van der Waals surface area contributed by atoms with E-state index in [9.17, 15) is 18.0 Å². The van der Waals surface area contributed by atoms with E-state index < -0.39 is 17.7 Å². The van der Waals surface area contributed by atoms with Crippen molar-refractivity contribution >= 4 is 11.7 Å². The van der Waals surface area contributed by atoms with Gasteiger partial charge in [-0.3, -0.25) is 0 Å². The molecule has 2 aliphatic rings. The molecule has 3 heterocycles. The number of hydrogen-bond acceptors (Lipinski definition) is 4. The topological polar surface area (TPSA) is 59.7 Å². The van der Waals surface area contributed by atoms with Crippen LogP contribution in [0.5, 0.6) is 0 Å². The quantitative estimate of drug-likeness (QED) is 0.475. The Morgan fingerprint density at radius 1 is 1.09 bits per heavy atom. The van der Waals surface area contributed by atoms with Crippen LogP contribution >= 0.6 is 0 Å². The first-order chi connectivity index (χ1) is 16.2. The number of likely N-dealkylation sites (tertiary alicyclic amines) is 1. The summed E-state index contributed by atoms with van der Waals surface area (Å²) >= 11 is 0. The highest BCUT2D eigenvalue weighted by molar-refractivity contribution is 5.68. The molecule has 4 rings (SSSR count). The smallest absolute Gasteiger partial charge is 0.410 e. The maximum atomic E-state index is 13.1. The Balaban J connectivity index is 1.64. The highest BCUT2D eigenvalue weighted by Crippen LogP contribution is 2.43. The van der Waals surface area contributed by atoms with Crippen LogP contribution in [0.3, 0.4) is 0 Å². The molecule has 0 N–H and O–H groups in total. The number of aryl methyl sites for hydroxylation is 1. The zero-order valence-electron chi connectivity index (χ0n) is 21.6. The largest absolute Gasteiger partial charge is 0.444 e. The lowest BCUT2D eigenvalue weighted by Crippen LogP contribution is -2.45. The van der Waals surface area contributed by atoms with Crippen LogP contribution in [0.25, 0.3) is 5.65 Å². The van der Waals surface area contributed by atoms with Gasteiger partial charge in [-0.25, -0.2) is 14.3 Å². The van der Waals surface area contributed by atoms with Crippen molar-refractivity contribution in [2.24, 2.45) is 11.8 Å². The average molecular weight is 495 g/mol. The van der Waals surface area contributed by atoms with Gasteiger partial charge in [-0.2, -0.15) is 18.3 Å². The van der Waals surface area contributed by atoms with Crippen LogP contribution < -0.4 is 0 Å². The van der Waals surface area contributed by atoms with Gasteiger partial charge in [-0.15, -0.1) is 0 Å². The molecule has 0 spiro atoms. The maximum Gasteiger partial charge on any atom is 0.410 e. The molecule has 0 aromatic carbocycles. The van der Waals surface area contributed by atoms with Crippen molar-refractivity contribution in [2.75, 3.05) is 13.1 Å². The predicted molar refractivity (Wildman–Crippen MR) is 128 cm³/mol. The normalized spacial score (nSPS) is 26.3. The second-order valence-electron chi connectivity index (χ2n) is 11.4. The van der Waals surface area contributed by atoms with Crippen molar-refractivity contribution in [1.29, 1.82) is 0 Å². The molecule has 0 bridgehead atoms. The molecule has 2 atom stereocenters. The van der Waals surface area contributed by atoms with E-state index in [1.807, 2.05) is 45.2 Å². The van der Waals surface area contributed by atoms with Gasteiger partial charge in [-0.05, 0) is 78.2 Å². The Hall–Kier alpha value is -2.32. The third kappa shape index (κ3) is 5.43. The first-order valence-corrected chi connectivity index (χ1v) is 12.7. The summed E-state index contributed by atoms with van der Waals surface area (Å²) in [6, 6.07) is 1.94. The Morgan fingerprint density at radius 2 is 1.74 bits per heavy atom. The lowest BCUT2D eigenvalue weighted by atomic mass is 9.80. The molecule has 1 aliphatic carbocycles. The number of carbonyl (C=O) groups excluding carboxylic acids is 1. The SMILES string of the molecule is Cc1nc2cc(C3CCC(C(F)(F)F)CC3)nn2c([C@@H]2CN(C(=O)OC(C)(C)C)CCC2C)c1C. The highest BCUT2D eigenvalue weighted by Gasteiger charge is 2.42. The van der Waals surface area contributed by atoms with Crippen LogP contribution in [-0.4, -0.2) is 50.5 Å². The number of rotatable bonds is 2. The lowest BCUT2D eigenvalue weighted by molar-refractivity contribution is -0.182. The number of fused-ring (bicyclic) bond motifs is 1. The Kier molecular flexibility index (Phi) is 6.83. The Morgan fingerprint density at radius 3 is 2.34 bits per heavy atom. The monoisotopic (exact) mass is 494 g/mol. The van der Waals surface area contributed by atoms with Crippen LogP contribution in [0.2, 0.25) is 0 Å². The van der Waals surface area contributed by atoms with Gasteiger partial charge in [-0.1, -0.05) is 6.92 Å². The molecule has 9 heteroatoms. The summed E-state index contributed by atoms with van der Waals surface area (Å²) < 4.78 is 46.9. The summed E-state index contributed by atoms with van der Waals surface area (Å²) in [5.74, 6) is -0.830. The lowest BCUT2D eigenvalue weighted by Gasteiger charge is -2.38. The van der Waals surface area contributed by atoms with E-state index in [2.05, 4.69) is 6.92 Å². The zero-order valence-corrected chi connectivity index (χ0v) is 21.6. The van der Waals surface area contributed by atoms with Gasteiger partial charge in [0.1, 0.15) is 5.60 Å². The molecule has 1 unspecified atom stereocenters. The molecule has 2 fully saturated rings. The number of ether oxygens (including phenoxy) is 1. The van der Waals surface area contributed by atoms with E-state index in [1.54, 1.807) is 4.90 Å².